The molecule has 5 N–H and O–H groups in total. The van der Waals surface area contributed by atoms with Gasteiger partial charge in [0, 0.05) is 11.6 Å². The highest BCUT2D eigenvalue weighted by molar-refractivity contribution is 6.07. The summed E-state index contributed by atoms with van der Waals surface area (Å²) in [7, 11) is 0. The molecule has 0 amide bonds. The lowest BCUT2D eigenvalue weighted by atomic mass is 9.91. The van der Waals surface area contributed by atoms with E-state index in [1.54, 1.807) is 24.3 Å². The van der Waals surface area contributed by atoms with E-state index in [1.165, 1.54) is 6.20 Å². The Morgan fingerprint density at radius 3 is 2.61 bits per heavy atom. The molecule has 1 fully saturated rings. The fourth-order valence-corrected chi connectivity index (χ4v) is 3.07. The second-order valence-corrected chi connectivity index (χ2v) is 5.57. The number of nitrogens with zero attached hydrogens (tertiary/aromatic N) is 1. The molecule has 1 aromatic carbocycles. The lowest BCUT2D eigenvalue weighted by Crippen LogP contribution is -2.67. The van der Waals surface area contributed by atoms with Gasteiger partial charge in [0.05, 0.1) is 24.0 Å². The Hall–Kier alpha value is -1.39. The number of aliphatic hydroxyl groups is 4. The van der Waals surface area contributed by atoms with Crippen LogP contribution in [0.5, 0.6) is 5.75 Å². The zero-order valence-electron chi connectivity index (χ0n) is 11.8. The van der Waals surface area contributed by atoms with Crippen molar-refractivity contribution in [2.75, 3.05) is 6.61 Å². The van der Waals surface area contributed by atoms with Gasteiger partial charge in [-0.2, -0.15) is 0 Å². The Morgan fingerprint density at radius 2 is 1.96 bits per heavy atom. The minimum Gasteiger partial charge on any atom is -0.506 e. The van der Waals surface area contributed by atoms with Crippen molar-refractivity contribution in [1.29, 1.82) is 0 Å². The van der Waals surface area contributed by atoms with Crippen molar-refractivity contribution in [3.8, 4) is 5.75 Å². The average molecular weight is 346 g/mol. The lowest BCUT2D eigenvalue weighted by Gasteiger charge is -2.47. The van der Waals surface area contributed by atoms with Crippen molar-refractivity contribution in [2.24, 2.45) is 0 Å². The van der Waals surface area contributed by atoms with Gasteiger partial charge in [0.25, 0.3) is 0 Å². The molecular weight excluding hydrogens is 330 g/mol. The van der Waals surface area contributed by atoms with Crippen LogP contribution in [0.2, 0.25) is 0 Å². The molecule has 5 atom stereocenters. The van der Waals surface area contributed by atoms with Gasteiger partial charge in [0.1, 0.15) is 18.0 Å². The van der Waals surface area contributed by atoms with Gasteiger partial charge < -0.3 is 34.8 Å². The van der Waals surface area contributed by atoms with Gasteiger partial charge in [-0.15, -0.1) is 0 Å². The Labute approximate surface area is 135 Å². The van der Waals surface area contributed by atoms with E-state index < -0.39 is 36.9 Å². The molecule has 0 spiro atoms. The molecule has 0 bridgehead atoms. The van der Waals surface area contributed by atoms with Crippen LogP contribution in [0, 0.1) is 0 Å². The quantitative estimate of drug-likeness (QED) is 0.512. The van der Waals surface area contributed by atoms with E-state index in [0.717, 1.165) is 4.57 Å². The highest BCUT2D eigenvalue weighted by Gasteiger charge is 2.57. The predicted octanol–water partition coefficient (Wildman–Crippen LogP) is -0.399. The summed E-state index contributed by atoms with van der Waals surface area (Å²) in [6, 6.07) is 6.56. The van der Waals surface area contributed by atoms with Crippen LogP contribution in [0.4, 0.5) is 0 Å². The number of aromatic hydroxyl groups is 1. The van der Waals surface area contributed by atoms with Gasteiger partial charge >= 0.3 is 0 Å². The second-order valence-electron chi connectivity index (χ2n) is 5.39. The first-order valence-corrected chi connectivity index (χ1v) is 7.17. The fraction of sp³-hybridized carbons (Fsp3) is 0.429. The van der Waals surface area contributed by atoms with Gasteiger partial charge in [-0.1, -0.05) is 12.1 Å². The molecule has 2 heterocycles. The Kier molecular flexibility index (Phi) is 4.23. The molecule has 0 radical (unpaired) electrons. The van der Waals surface area contributed by atoms with Crippen molar-refractivity contribution >= 4 is 22.8 Å². The topological polar surface area (TPSA) is 125 Å². The number of benzene rings is 1. The smallest absolute Gasteiger partial charge is 0.208 e. The summed E-state index contributed by atoms with van der Waals surface area (Å²) in [5, 5.41) is 51.5. The number of ether oxygens (including phenoxy) is 1. The third kappa shape index (κ3) is 2.31. The Bertz CT molecular complexity index is 689. The summed E-state index contributed by atoms with van der Waals surface area (Å²) in [6.07, 6.45) is -5.07. The normalized spacial score (nSPS) is 34.8. The molecule has 126 valence electrons. The van der Waals surface area contributed by atoms with Crippen molar-refractivity contribution < 1.29 is 34.6 Å². The van der Waals surface area contributed by atoms with Crippen molar-refractivity contribution in [1.82, 2.24) is 4.57 Å². The number of fused-ring (bicyclic) bond motifs is 1. The maximum atomic E-state index is 11.0. The number of rotatable bonds is 3. The number of para-hydroxylation sites is 1. The molecule has 3 rings (SSSR count). The van der Waals surface area contributed by atoms with Crippen LogP contribution >= 0.6 is 11.9 Å². The van der Waals surface area contributed by atoms with Crippen LogP contribution in [-0.4, -0.2) is 61.3 Å². The first kappa shape index (κ1) is 16.5. The van der Waals surface area contributed by atoms with E-state index in [2.05, 4.69) is 4.29 Å². The van der Waals surface area contributed by atoms with E-state index in [-0.39, 0.29) is 5.75 Å². The summed E-state index contributed by atoms with van der Waals surface area (Å²) >= 11 is 5.27. The highest BCUT2D eigenvalue weighted by Crippen LogP contribution is 2.39. The minimum absolute atomic E-state index is 0.149. The molecule has 1 aliphatic heterocycles. The summed E-state index contributed by atoms with van der Waals surface area (Å²) in [6.45, 7) is -0.641. The molecular formula is C14H16ClNO7. The molecule has 0 unspecified atom stereocenters. The molecule has 9 heteroatoms. The standard InChI is InChI=1S/C14H16ClNO7/c15-23-13-12(20)14(21,11(19)10(6-17)22-13)16-5-9(18)7-3-1-2-4-8(7)16/h1-5,10-13,17-21H,6H2/t10-,11-,12-,13-,14+/m1/s1. The average Bonchev–Trinajstić information content (AvgIpc) is 2.91. The van der Waals surface area contributed by atoms with E-state index in [0.29, 0.717) is 10.9 Å². The van der Waals surface area contributed by atoms with Gasteiger partial charge in [0.2, 0.25) is 12.0 Å². The zero-order valence-corrected chi connectivity index (χ0v) is 12.5. The van der Waals surface area contributed by atoms with Gasteiger partial charge in [-0.05, 0) is 12.1 Å². The van der Waals surface area contributed by atoms with Crippen LogP contribution in [0.3, 0.4) is 0 Å². The van der Waals surface area contributed by atoms with Crippen LogP contribution < -0.4 is 0 Å². The first-order valence-electron chi connectivity index (χ1n) is 6.86. The summed E-state index contributed by atoms with van der Waals surface area (Å²) in [5.41, 5.74) is -1.98. The van der Waals surface area contributed by atoms with E-state index in [4.69, 9.17) is 16.6 Å². The first-order chi connectivity index (χ1) is 10.9. The van der Waals surface area contributed by atoms with Crippen molar-refractivity contribution in [3.63, 3.8) is 0 Å². The SMILES string of the molecule is OC[C@H]1O[C@H](OCl)[C@@H](O)[C@](O)(n2cc(O)c3ccccc32)[C@@H]1O. The van der Waals surface area contributed by atoms with Crippen molar-refractivity contribution in [3.05, 3.63) is 30.5 Å². The third-order valence-corrected chi connectivity index (χ3v) is 4.31. The molecule has 23 heavy (non-hydrogen) atoms. The van der Waals surface area contributed by atoms with Crippen LogP contribution in [-0.2, 0) is 14.8 Å². The molecule has 1 aliphatic rings. The zero-order chi connectivity index (χ0) is 16.8. The van der Waals surface area contributed by atoms with E-state index in [1.807, 2.05) is 0 Å². The number of aliphatic hydroxyl groups excluding tert-OH is 3. The van der Waals surface area contributed by atoms with E-state index in [9.17, 15) is 25.5 Å². The number of hydrogen-bond donors (Lipinski definition) is 5. The second kappa shape index (κ2) is 5.91. The van der Waals surface area contributed by atoms with Gasteiger partial charge in [0.15, 0.2) is 6.10 Å². The highest BCUT2D eigenvalue weighted by atomic mass is 35.5. The molecule has 2 aromatic rings. The number of aromatic nitrogens is 1. The fourth-order valence-electron chi connectivity index (χ4n) is 2.93. The molecule has 1 aromatic heterocycles. The lowest BCUT2D eigenvalue weighted by molar-refractivity contribution is -0.340. The summed E-state index contributed by atoms with van der Waals surface area (Å²) < 4.78 is 10.7. The van der Waals surface area contributed by atoms with Crippen LogP contribution in [0.25, 0.3) is 10.9 Å². The monoisotopic (exact) mass is 345 g/mol. The number of halogens is 1. The summed E-state index contributed by atoms with van der Waals surface area (Å²) in [5.74, 6) is -0.149. The minimum atomic E-state index is -2.34. The Morgan fingerprint density at radius 1 is 1.26 bits per heavy atom. The Balaban J connectivity index is 2.19. The molecule has 1 saturated heterocycles. The molecule has 0 aliphatic carbocycles. The third-order valence-electron chi connectivity index (χ3n) is 4.13. The largest absolute Gasteiger partial charge is 0.506 e. The van der Waals surface area contributed by atoms with Gasteiger partial charge in [-0.3, -0.25) is 0 Å². The molecule has 8 nitrogen and oxygen atoms in total. The summed E-state index contributed by atoms with van der Waals surface area (Å²) in [4.78, 5) is 0. The maximum absolute atomic E-state index is 11.0. The maximum Gasteiger partial charge on any atom is 0.208 e. The molecule has 0 saturated carbocycles. The van der Waals surface area contributed by atoms with E-state index >= 15 is 0 Å². The van der Waals surface area contributed by atoms with Crippen LogP contribution in [0.1, 0.15) is 0 Å². The van der Waals surface area contributed by atoms with Crippen LogP contribution in [0.15, 0.2) is 30.5 Å². The predicted molar refractivity (Wildman–Crippen MR) is 78.5 cm³/mol. The number of hydrogen-bond acceptors (Lipinski definition) is 7. The van der Waals surface area contributed by atoms with Crippen molar-refractivity contribution in [2.45, 2.75) is 30.3 Å². The van der Waals surface area contributed by atoms with Gasteiger partial charge in [-0.25, -0.2) is 4.29 Å².